The van der Waals surface area contributed by atoms with Crippen molar-refractivity contribution in [3.05, 3.63) is 40.7 Å². The molecule has 1 aliphatic rings. The van der Waals surface area contributed by atoms with Crippen LogP contribution < -0.4 is 5.73 Å². The van der Waals surface area contributed by atoms with Crippen LogP contribution in [0, 0.1) is 0 Å². The Hall–Kier alpha value is -1.19. The minimum Gasteiger partial charge on any atom is -0.319 e. The summed E-state index contributed by atoms with van der Waals surface area (Å²) >= 11 is 1.70. The summed E-state index contributed by atoms with van der Waals surface area (Å²) in [4.78, 5) is 4.73. The summed E-state index contributed by atoms with van der Waals surface area (Å²) in [6.45, 7) is 0. The predicted molar refractivity (Wildman–Crippen MR) is 71.9 cm³/mol. The monoisotopic (exact) mass is 244 g/mol. The molecule has 0 amide bonds. The van der Waals surface area contributed by atoms with E-state index in [-0.39, 0.29) is 5.54 Å². The number of nitrogens with zero attached hydrogens (tertiary/aromatic N) is 1. The van der Waals surface area contributed by atoms with Gasteiger partial charge in [-0.3, -0.25) is 0 Å². The Morgan fingerprint density at radius 3 is 2.53 bits per heavy atom. The van der Waals surface area contributed by atoms with E-state index in [1.165, 1.54) is 18.4 Å². The van der Waals surface area contributed by atoms with Crippen LogP contribution in [0.3, 0.4) is 0 Å². The maximum absolute atomic E-state index is 6.42. The van der Waals surface area contributed by atoms with Crippen LogP contribution in [0.4, 0.5) is 0 Å². The minimum absolute atomic E-state index is 0.155. The molecule has 1 saturated carbocycles. The van der Waals surface area contributed by atoms with Gasteiger partial charge in [0.25, 0.3) is 0 Å². The average Bonchev–Trinajstić information content (AvgIpc) is 2.99. The molecule has 3 rings (SSSR count). The fourth-order valence-corrected chi connectivity index (χ4v) is 3.47. The molecule has 0 atom stereocenters. The molecule has 0 unspecified atom stereocenters. The highest BCUT2D eigenvalue weighted by molar-refractivity contribution is 7.10. The van der Waals surface area contributed by atoms with Gasteiger partial charge in [0.2, 0.25) is 0 Å². The fourth-order valence-electron chi connectivity index (χ4n) is 2.46. The topological polar surface area (TPSA) is 38.9 Å². The molecule has 1 aliphatic carbocycles. The van der Waals surface area contributed by atoms with E-state index in [9.17, 15) is 0 Å². The van der Waals surface area contributed by atoms with Crippen LogP contribution in [0.25, 0.3) is 11.3 Å². The number of hydrogen-bond donors (Lipinski definition) is 1. The van der Waals surface area contributed by atoms with E-state index in [1.807, 2.05) is 18.2 Å². The van der Waals surface area contributed by atoms with Crippen molar-refractivity contribution >= 4 is 11.3 Å². The lowest BCUT2D eigenvalue weighted by molar-refractivity contribution is 0.459. The van der Waals surface area contributed by atoms with Crippen molar-refractivity contribution in [3.8, 4) is 11.3 Å². The first-order chi connectivity index (χ1) is 8.28. The molecule has 0 bridgehead atoms. The van der Waals surface area contributed by atoms with Crippen LogP contribution in [0.1, 0.15) is 30.7 Å². The molecule has 17 heavy (non-hydrogen) atoms. The average molecular weight is 244 g/mol. The first-order valence-electron chi connectivity index (χ1n) is 6.08. The SMILES string of the molecule is NC1(c2nc(-c3ccccc3)cs2)CCCC1. The van der Waals surface area contributed by atoms with Crippen molar-refractivity contribution in [1.82, 2.24) is 4.98 Å². The zero-order valence-electron chi connectivity index (χ0n) is 9.73. The van der Waals surface area contributed by atoms with Crippen LogP contribution in [-0.4, -0.2) is 4.98 Å². The molecule has 88 valence electrons. The number of rotatable bonds is 2. The van der Waals surface area contributed by atoms with Crippen molar-refractivity contribution in [2.45, 2.75) is 31.2 Å². The predicted octanol–water partition coefficient (Wildman–Crippen LogP) is 3.54. The molecule has 3 heteroatoms. The second kappa shape index (κ2) is 4.24. The van der Waals surface area contributed by atoms with Crippen molar-refractivity contribution in [3.63, 3.8) is 0 Å². The molecule has 1 aromatic carbocycles. The lowest BCUT2D eigenvalue weighted by Crippen LogP contribution is -2.32. The van der Waals surface area contributed by atoms with Crippen molar-refractivity contribution in [1.29, 1.82) is 0 Å². The second-order valence-electron chi connectivity index (χ2n) is 4.77. The Kier molecular flexibility index (Phi) is 2.73. The molecule has 0 radical (unpaired) electrons. The van der Waals surface area contributed by atoms with Gasteiger partial charge in [-0.05, 0) is 12.8 Å². The van der Waals surface area contributed by atoms with Gasteiger partial charge in [-0.2, -0.15) is 0 Å². The molecule has 2 nitrogen and oxygen atoms in total. The van der Waals surface area contributed by atoms with Gasteiger partial charge in [-0.25, -0.2) is 4.98 Å². The van der Waals surface area contributed by atoms with Crippen molar-refractivity contribution in [2.24, 2.45) is 5.73 Å². The third-order valence-corrected chi connectivity index (χ3v) is 4.56. The minimum atomic E-state index is -0.155. The Balaban J connectivity index is 1.93. The number of benzene rings is 1. The molecule has 1 fully saturated rings. The quantitative estimate of drug-likeness (QED) is 0.877. The highest BCUT2D eigenvalue weighted by Gasteiger charge is 2.34. The van der Waals surface area contributed by atoms with Crippen LogP contribution in [0.2, 0.25) is 0 Å². The Labute approximate surface area is 106 Å². The van der Waals surface area contributed by atoms with Gasteiger partial charge < -0.3 is 5.73 Å². The lowest BCUT2D eigenvalue weighted by Gasteiger charge is -2.19. The van der Waals surface area contributed by atoms with E-state index in [1.54, 1.807) is 11.3 Å². The van der Waals surface area contributed by atoms with Crippen molar-refractivity contribution < 1.29 is 0 Å². The summed E-state index contributed by atoms with van der Waals surface area (Å²) in [5.41, 5.74) is 8.50. The number of thiazole rings is 1. The van der Waals surface area contributed by atoms with E-state index in [0.717, 1.165) is 23.5 Å². The molecule has 2 N–H and O–H groups in total. The van der Waals surface area contributed by atoms with Crippen molar-refractivity contribution in [2.75, 3.05) is 0 Å². The highest BCUT2D eigenvalue weighted by atomic mass is 32.1. The maximum atomic E-state index is 6.42. The molecule has 0 spiro atoms. The Morgan fingerprint density at radius 1 is 1.12 bits per heavy atom. The summed E-state index contributed by atoms with van der Waals surface area (Å²) in [5, 5.41) is 3.23. The maximum Gasteiger partial charge on any atom is 0.113 e. The number of hydrogen-bond acceptors (Lipinski definition) is 3. The summed E-state index contributed by atoms with van der Waals surface area (Å²) in [5.74, 6) is 0. The second-order valence-corrected chi connectivity index (χ2v) is 5.63. The van der Waals surface area contributed by atoms with E-state index < -0.39 is 0 Å². The van der Waals surface area contributed by atoms with E-state index in [0.29, 0.717) is 0 Å². The first-order valence-corrected chi connectivity index (χ1v) is 6.96. The zero-order chi connectivity index (χ0) is 11.7. The van der Waals surface area contributed by atoms with Gasteiger partial charge in [-0.15, -0.1) is 11.3 Å². The van der Waals surface area contributed by atoms with Gasteiger partial charge in [0.1, 0.15) is 5.01 Å². The van der Waals surface area contributed by atoms with Crippen LogP contribution in [0.5, 0.6) is 0 Å². The summed E-state index contributed by atoms with van der Waals surface area (Å²) in [6, 6.07) is 10.3. The standard InChI is InChI=1S/C14H16N2S/c15-14(8-4-5-9-14)13-16-12(10-17-13)11-6-2-1-3-7-11/h1-3,6-7,10H,4-5,8-9,15H2. The Bertz CT molecular complexity index is 498. The van der Waals surface area contributed by atoms with Gasteiger partial charge in [0.15, 0.2) is 0 Å². The summed E-state index contributed by atoms with van der Waals surface area (Å²) in [7, 11) is 0. The third kappa shape index (κ3) is 2.01. The van der Waals surface area contributed by atoms with Gasteiger partial charge in [0, 0.05) is 10.9 Å². The van der Waals surface area contributed by atoms with Gasteiger partial charge in [0.05, 0.1) is 11.2 Å². The normalized spacial score (nSPS) is 18.4. The number of aromatic nitrogens is 1. The van der Waals surface area contributed by atoms with Gasteiger partial charge >= 0.3 is 0 Å². The largest absolute Gasteiger partial charge is 0.319 e. The van der Waals surface area contributed by atoms with Crippen LogP contribution >= 0.6 is 11.3 Å². The molecule has 1 heterocycles. The molecular formula is C14H16N2S. The molecule has 1 aromatic heterocycles. The zero-order valence-corrected chi connectivity index (χ0v) is 10.5. The third-order valence-electron chi connectivity index (χ3n) is 3.50. The smallest absolute Gasteiger partial charge is 0.113 e. The van der Waals surface area contributed by atoms with E-state index >= 15 is 0 Å². The highest BCUT2D eigenvalue weighted by Crippen LogP contribution is 2.38. The van der Waals surface area contributed by atoms with Crippen LogP contribution in [0.15, 0.2) is 35.7 Å². The molecular weight excluding hydrogens is 228 g/mol. The summed E-state index contributed by atoms with van der Waals surface area (Å²) in [6.07, 6.45) is 4.62. The fraction of sp³-hybridized carbons (Fsp3) is 0.357. The van der Waals surface area contributed by atoms with Crippen LogP contribution in [-0.2, 0) is 5.54 Å². The summed E-state index contributed by atoms with van der Waals surface area (Å²) < 4.78 is 0. The van der Waals surface area contributed by atoms with E-state index in [4.69, 9.17) is 10.7 Å². The van der Waals surface area contributed by atoms with E-state index in [2.05, 4.69) is 17.5 Å². The molecule has 2 aromatic rings. The molecule has 0 aliphatic heterocycles. The number of nitrogens with two attached hydrogens (primary N) is 1. The van der Waals surface area contributed by atoms with Gasteiger partial charge in [-0.1, -0.05) is 43.2 Å². The molecule has 0 saturated heterocycles. The lowest BCUT2D eigenvalue weighted by atomic mass is 10.0. The Morgan fingerprint density at radius 2 is 1.82 bits per heavy atom. The first kappa shape index (κ1) is 10.9.